The SMILES string of the molecule is CC1CN(C)CCCN1CC1(N)CCOC1. The summed E-state index contributed by atoms with van der Waals surface area (Å²) in [5, 5.41) is 0. The van der Waals surface area contributed by atoms with Crippen molar-refractivity contribution in [1.29, 1.82) is 0 Å². The maximum Gasteiger partial charge on any atom is 0.0659 e. The van der Waals surface area contributed by atoms with Crippen molar-refractivity contribution < 1.29 is 4.74 Å². The lowest BCUT2D eigenvalue weighted by Crippen LogP contribution is -2.53. The van der Waals surface area contributed by atoms with Crippen LogP contribution in [0.2, 0.25) is 0 Å². The molecule has 2 aliphatic rings. The summed E-state index contributed by atoms with van der Waals surface area (Å²) < 4.78 is 5.43. The Hall–Kier alpha value is -0.160. The predicted molar refractivity (Wildman–Crippen MR) is 65.5 cm³/mol. The molecule has 2 atom stereocenters. The average Bonchev–Trinajstić information content (AvgIpc) is 2.57. The summed E-state index contributed by atoms with van der Waals surface area (Å²) in [6.07, 6.45) is 2.25. The van der Waals surface area contributed by atoms with Gasteiger partial charge in [0.15, 0.2) is 0 Å². The van der Waals surface area contributed by atoms with E-state index in [0.717, 1.165) is 32.7 Å². The molecule has 0 saturated carbocycles. The fourth-order valence-electron chi connectivity index (χ4n) is 2.81. The molecule has 0 aromatic rings. The Morgan fingerprint density at radius 3 is 2.94 bits per heavy atom. The van der Waals surface area contributed by atoms with Gasteiger partial charge in [0.1, 0.15) is 0 Å². The van der Waals surface area contributed by atoms with Crippen LogP contribution in [-0.2, 0) is 4.74 Å². The molecule has 0 bridgehead atoms. The minimum atomic E-state index is -0.100. The van der Waals surface area contributed by atoms with Crippen LogP contribution < -0.4 is 5.73 Å². The van der Waals surface area contributed by atoms with Crippen LogP contribution >= 0.6 is 0 Å². The third kappa shape index (κ3) is 2.94. The second-order valence-corrected chi connectivity index (χ2v) is 5.60. The van der Waals surface area contributed by atoms with Gasteiger partial charge in [-0.1, -0.05) is 0 Å². The quantitative estimate of drug-likeness (QED) is 0.728. The van der Waals surface area contributed by atoms with Gasteiger partial charge < -0.3 is 15.4 Å². The van der Waals surface area contributed by atoms with Crippen molar-refractivity contribution in [3.63, 3.8) is 0 Å². The van der Waals surface area contributed by atoms with Crippen LogP contribution in [-0.4, -0.2) is 67.8 Å². The molecule has 0 aromatic carbocycles. The van der Waals surface area contributed by atoms with Crippen LogP contribution in [0.4, 0.5) is 0 Å². The van der Waals surface area contributed by atoms with E-state index < -0.39 is 0 Å². The van der Waals surface area contributed by atoms with Gasteiger partial charge >= 0.3 is 0 Å². The molecule has 94 valence electrons. The first-order valence-electron chi connectivity index (χ1n) is 6.38. The number of hydrogen-bond donors (Lipinski definition) is 1. The highest BCUT2D eigenvalue weighted by atomic mass is 16.5. The van der Waals surface area contributed by atoms with Crippen molar-refractivity contribution in [3.8, 4) is 0 Å². The van der Waals surface area contributed by atoms with Gasteiger partial charge in [-0.15, -0.1) is 0 Å². The molecule has 2 fully saturated rings. The van der Waals surface area contributed by atoms with E-state index in [9.17, 15) is 0 Å². The van der Waals surface area contributed by atoms with Gasteiger partial charge in [0, 0.05) is 25.7 Å². The largest absolute Gasteiger partial charge is 0.379 e. The summed E-state index contributed by atoms with van der Waals surface area (Å²) in [6.45, 7) is 8.38. The minimum absolute atomic E-state index is 0.100. The molecule has 0 aromatic heterocycles. The summed E-state index contributed by atoms with van der Waals surface area (Å²) in [7, 11) is 2.21. The Morgan fingerprint density at radius 1 is 1.44 bits per heavy atom. The maximum absolute atomic E-state index is 6.36. The first-order chi connectivity index (χ1) is 7.59. The molecule has 0 amide bonds. The molecule has 0 spiro atoms. The van der Waals surface area contributed by atoms with Gasteiger partial charge in [0.2, 0.25) is 0 Å². The molecule has 0 radical (unpaired) electrons. The van der Waals surface area contributed by atoms with Crippen molar-refractivity contribution in [2.24, 2.45) is 5.73 Å². The second-order valence-electron chi connectivity index (χ2n) is 5.60. The summed E-state index contributed by atoms with van der Waals surface area (Å²) in [5.41, 5.74) is 6.26. The molecular formula is C12H25N3O. The Labute approximate surface area is 98.7 Å². The zero-order chi connectivity index (χ0) is 11.6. The Morgan fingerprint density at radius 2 is 2.25 bits per heavy atom. The fraction of sp³-hybridized carbons (Fsp3) is 1.00. The third-order valence-corrected chi connectivity index (χ3v) is 3.84. The van der Waals surface area contributed by atoms with Crippen molar-refractivity contribution in [2.45, 2.75) is 31.3 Å². The summed E-state index contributed by atoms with van der Waals surface area (Å²) >= 11 is 0. The predicted octanol–water partition coefficient (Wildman–Crippen LogP) is 0.130. The molecule has 4 heteroatoms. The number of hydrogen-bond acceptors (Lipinski definition) is 4. The molecule has 16 heavy (non-hydrogen) atoms. The molecular weight excluding hydrogens is 202 g/mol. The minimum Gasteiger partial charge on any atom is -0.379 e. The van der Waals surface area contributed by atoms with Gasteiger partial charge in [0.05, 0.1) is 12.1 Å². The average molecular weight is 227 g/mol. The topological polar surface area (TPSA) is 41.7 Å². The molecule has 4 nitrogen and oxygen atoms in total. The van der Waals surface area contributed by atoms with E-state index in [0.29, 0.717) is 6.04 Å². The highest BCUT2D eigenvalue weighted by molar-refractivity contribution is 4.93. The van der Waals surface area contributed by atoms with Gasteiger partial charge in [-0.25, -0.2) is 0 Å². The van der Waals surface area contributed by atoms with Crippen LogP contribution in [0, 0.1) is 0 Å². The molecule has 2 unspecified atom stereocenters. The Kier molecular flexibility index (Phi) is 3.85. The highest BCUT2D eigenvalue weighted by Gasteiger charge is 2.34. The molecule has 2 heterocycles. The van der Waals surface area contributed by atoms with Crippen LogP contribution in [0.25, 0.3) is 0 Å². The van der Waals surface area contributed by atoms with Crippen molar-refractivity contribution in [1.82, 2.24) is 9.80 Å². The molecule has 2 N–H and O–H groups in total. The van der Waals surface area contributed by atoms with Crippen LogP contribution in [0.3, 0.4) is 0 Å². The van der Waals surface area contributed by atoms with Crippen LogP contribution in [0.5, 0.6) is 0 Å². The van der Waals surface area contributed by atoms with Crippen LogP contribution in [0.1, 0.15) is 19.8 Å². The lowest BCUT2D eigenvalue weighted by molar-refractivity contribution is 0.132. The standard InChI is InChI=1S/C12H25N3O/c1-11-8-14(2)5-3-6-15(11)9-12(13)4-7-16-10-12/h11H,3-10,13H2,1-2H3. The van der Waals surface area contributed by atoms with E-state index in [-0.39, 0.29) is 5.54 Å². The lowest BCUT2D eigenvalue weighted by Gasteiger charge is -2.34. The molecule has 2 rings (SSSR count). The first-order valence-corrected chi connectivity index (χ1v) is 6.38. The van der Waals surface area contributed by atoms with Crippen LogP contribution in [0.15, 0.2) is 0 Å². The molecule has 0 aliphatic carbocycles. The molecule has 2 saturated heterocycles. The van der Waals surface area contributed by atoms with Gasteiger partial charge in [-0.2, -0.15) is 0 Å². The highest BCUT2D eigenvalue weighted by Crippen LogP contribution is 2.19. The van der Waals surface area contributed by atoms with Crippen molar-refractivity contribution in [3.05, 3.63) is 0 Å². The van der Waals surface area contributed by atoms with E-state index in [2.05, 4.69) is 23.8 Å². The van der Waals surface area contributed by atoms with E-state index in [1.165, 1.54) is 19.5 Å². The summed E-state index contributed by atoms with van der Waals surface area (Å²) in [4.78, 5) is 4.96. The third-order valence-electron chi connectivity index (χ3n) is 3.84. The van der Waals surface area contributed by atoms with Gasteiger partial charge in [-0.05, 0) is 39.9 Å². The smallest absolute Gasteiger partial charge is 0.0659 e. The number of likely N-dealkylation sites (N-methyl/N-ethyl adjacent to an activating group) is 1. The number of ether oxygens (including phenoxy) is 1. The van der Waals surface area contributed by atoms with E-state index >= 15 is 0 Å². The summed E-state index contributed by atoms with van der Waals surface area (Å²) in [5.74, 6) is 0. The normalized spacial score (nSPS) is 38.8. The summed E-state index contributed by atoms with van der Waals surface area (Å²) in [6, 6.07) is 0.605. The zero-order valence-electron chi connectivity index (χ0n) is 10.6. The van der Waals surface area contributed by atoms with E-state index in [4.69, 9.17) is 10.5 Å². The van der Waals surface area contributed by atoms with E-state index in [1.807, 2.05) is 0 Å². The zero-order valence-corrected chi connectivity index (χ0v) is 10.6. The lowest BCUT2D eigenvalue weighted by atomic mass is 9.99. The monoisotopic (exact) mass is 227 g/mol. The second kappa shape index (κ2) is 5.00. The fourth-order valence-corrected chi connectivity index (χ4v) is 2.81. The number of nitrogens with two attached hydrogens (primary N) is 1. The van der Waals surface area contributed by atoms with Gasteiger partial charge in [0.25, 0.3) is 0 Å². The number of nitrogens with zero attached hydrogens (tertiary/aromatic N) is 2. The van der Waals surface area contributed by atoms with E-state index in [1.54, 1.807) is 0 Å². The number of rotatable bonds is 2. The Bertz CT molecular complexity index is 228. The first kappa shape index (κ1) is 12.3. The molecule has 2 aliphatic heterocycles. The Balaban J connectivity index is 1.92. The van der Waals surface area contributed by atoms with Crippen molar-refractivity contribution >= 4 is 0 Å². The van der Waals surface area contributed by atoms with Crippen molar-refractivity contribution in [2.75, 3.05) is 46.4 Å². The maximum atomic E-state index is 6.36. The van der Waals surface area contributed by atoms with Gasteiger partial charge in [-0.3, -0.25) is 4.90 Å².